The number of hydrogen-bond donors (Lipinski definition) is 2. The number of aromatic amines is 1. The fourth-order valence-electron chi connectivity index (χ4n) is 2.27. The van der Waals surface area contributed by atoms with Crippen LogP contribution in [-0.2, 0) is 11.3 Å². The molecule has 1 aromatic heterocycles. The van der Waals surface area contributed by atoms with Crippen LogP contribution in [0, 0.1) is 5.82 Å². The lowest BCUT2D eigenvalue weighted by Gasteiger charge is -2.04. The fourth-order valence-corrected chi connectivity index (χ4v) is 2.39. The van der Waals surface area contributed by atoms with E-state index in [-0.39, 0.29) is 12.1 Å². The predicted molar refractivity (Wildman–Crippen MR) is 85.9 cm³/mol. The lowest BCUT2D eigenvalue weighted by Crippen LogP contribution is -2.30. The van der Waals surface area contributed by atoms with Gasteiger partial charge in [-0.2, -0.15) is 0 Å². The van der Waals surface area contributed by atoms with Gasteiger partial charge in [0.15, 0.2) is 0 Å². The van der Waals surface area contributed by atoms with E-state index in [0.29, 0.717) is 15.9 Å². The Kier molecular flexibility index (Phi) is 4.12. The molecule has 4 nitrogen and oxygen atoms in total. The maximum Gasteiger partial charge on any atom is 0.292 e. The number of aromatic nitrogens is 1. The number of fused-ring (bicyclic) bond motifs is 1. The average Bonchev–Trinajstić information content (AvgIpc) is 2.96. The zero-order valence-corrected chi connectivity index (χ0v) is 12.7. The van der Waals surface area contributed by atoms with E-state index in [0.717, 1.165) is 5.56 Å². The number of rotatable bonds is 4. The molecule has 2 N–H and O–H groups in total. The molecule has 1 heterocycles. The van der Waals surface area contributed by atoms with Crippen LogP contribution in [0.1, 0.15) is 15.9 Å². The third kappa shape index (κ3) is 3.24. The van der Waals surface area contributed by atoms with Crippen LogP contribution < -0.4 is 5.32 Å². The van der Waals surface area contributed by atoms with Crippen molar-refractivity contribution in [1.82, 2.24) is 10.3 Å². The average molecular weight is 331 g/mol. The Balaban J connectivity index is 1.75. The van der Waals surface area contributed by atoms with Crippen LogP contribution in [0.5, 0.6) is 0 Å². The first-order valence-electron chi connectivity index (χ1n) is 6.88. The largest absolute Gasteiger partial charge is 0.360 e. The first-order valence-corrected chi connectivity index (χ1v) is 7.26. The van der Waals surface area contributed by atoms with Crippen LogP contribution in [-0.4, -0.2) is 16.7 Å². The SMILES string of the molecule is O=C(NCc1ccc(Cl)cc1)C(=O)c1c[nH]c2ccc(F)cc12. The van der Waals surface area contributed by atoms with Crippen molar-refractivity contribution in [3.8, 4) is 0 Å². The summed E-state index contributed by atoms with van der Waals surface area (Å²) in [6, 6.07) is 11.0. The third-order valence-electron chi connectivity index (χ3n) is 3.46. The van der Waals surface area contributed by atoms with Crippen LogP contribution in [0.15, 0.2) is 48.7 Å². The van der Waals surface area contributed by atoms with Gasteiger partial charge in [0.1, 0.15) is 5.82 Å². The summed E-state index contributed by atoms with van der Waals surface area (Å²) >= 11 is 5.79. The molecule has 3 aromatic rings. The molecule has 0 atom stereocenters. The highest BCUT2D eigenvalue weighted by atomic mass is 35.5. The summed E-state index contributed by atoms with van der Waals surface area (Å²) < 4.78 is 13.3. The zero-order valence-electron chi connectivity index (χ0n) is 11.9. The Morgan fingerprint density at radius 3 is 2.61 bits per heavy atom. The van der Waals surface area contributed by atoms with E-state index in [1.165, 1.54) is 24.4 Å². The molecule has 116 valence electrons. The van der Waals surface area contributed by atoms with Gasteiger partial charge in [0.25, 0.3) is 11.7 Å². The molecule has 0 aliphatic heterocycles. The minimum absolute atomic E-state index is 0.146. The van der Waals surface area contributed by atoms with Gasteiger partial charge in [-0.25, -0.2) is 4.39 Å². The Morgan fingerprint density at radius 1 is 1.13 bits per heavy atom. The van der Waals surface area contributed by atoms with Crippen molar-refractivity contribution in [3.05, 3.63) is 70.6 Å². The standard InChI is InChI=1S/C17H12ClFN2O2/c18-11-3-1-10(2-4-11)8-21-17(23)16(22)14-9-20-15-6-5-12(19)7-13(14)15/h1-7,9,20H,8H2,(H,21,23). The van der Waals surface area contributed by atoms with Gasteiger partial charge in [-0.1, -0.05) is 23.7 Å². The summed E-state index contributed by atoms with van der Waals surface area (Å²) in [5.74, 6) is -1.92. The number of benzene rings is 2. The number of ketones is 1. The zero-order chi connectivity index (χ0) is 16.4. The number of H-pyrrole nitrogens is 1. The van der Waals surface area contributed by atoms with Gasteiger partial charge >= 0.3 is 0 Å². The van der Waals surface area contributed by atoms with Gasteiger partial charge in [-0.05, 0) is 35.9 Å². The minimum atomic E-state index is -0.745. The van der Waals surface area contributed by atoms with Crippen molar-refractivity contribution in [2.45, 2.75) is 6.54 Å². The molecule has 0 saturated heterocycles. The molecule has 23 heavy (non-hydrogen) atoms. The quantitative estimate of drug-likeness (QED) is 0.568. The van der Waals surface area contributed by atoms with Crippen LogP contribution in [0.25, 0.3) is 10.9 Å². The summed E-state index contributed by atoms with van der Waals surface area (Å²) in [6.07, 6.45) is 1.41. The monoisotopic (exact) mass is 330 g/mol. The first kappa shape index (κ1) is 15.2. The summed E-state index contributed by atoms with van der Waals surface area (Å²) in [7, 11) is 0. The minimum Gasteiger partial charge on any atom is -0.360 e. The number of Topliss-reactive ketones (excluding diaryl/α,β-unsaturated/α-hetero) is 1. The lowest BCUT2D eigenvalue weighted by molar-refractivity contribution is -0.117. The molecule has 0 bridgehead atoms. The van der Waals surface area contributed by atoms with Gasteiger partial charge in [0.2, 0.25) is 0 Å². The van der Waals surface area contributed by atoms with Crippen molar-refractivity contribution < 1.29 is 14.0 Å². The molecule has 2 aromatic carbocycles. The normalized spacial score (nSPS) is 10.7. The van der Waals surface area contributed by atoms with Gasteiger partial charge in [-0.3, -0.25) is 9.59 Å². The van der Waals surface area contributed by atoms with E-state index in [9.17, 15) is 14.0 Å². The Labute approximate surface area is 136 Å². The molecule has 0 radical (unpaired) electrons. The molecule has 0 fully saturated rings. The maximum atomic E-state index is 13.3. The Bertz CT molecular complexity index is 887. The van der Waals surface area contributed by atoms with Crippen molar-refractivity contribution in [3.63, 3.8) is 0 Å². The Morgan fingerprint density at radius 2 is 1.87 bits per heavy atom. The van der Waals surface area contributed by atoms with E-state index in [2.05, 4.69) is 10.3 Å². The van der Waals surface area contributed by atoms with Gasteiger partial charge in [-0.15, -0.1) is 0 Å². The van der Waals surface area contributed by atoms with Crippen LogP contribution in [0.3, 0.4) is 0 Å². The molecule has 3 rings (SSSR count). The maximum absolute atomic E-state index is 13.3. The molecule has 0 saturated carbocycles. The lowest BCUT2D eigenvalue weighted by atomic mass is 10.1. The molecular weight excluding hydrogens is 319 g/mol. The summed E-state index contributed by atoms with van der Waals surface area (Å²) in [5, 5.41) is 3.53. The molecule has 0 spiro atoms. The number of halogens is 2. The van der Waals surface area contributed by atoms with Crippen molar-refractivity contribution >= 4 is 34.2 Å². The van der Waals surface area contributed by atoms with Gasteiger partial charge in [0.05, 0.1) is 5.56 Å². The molecule has 0 aliphatic carbocycles. The van der Waals surface area contributed by atoms with E-state index >= 15 is 0 Å². The van der Waals surface area contributed by atoms with E-state index in [1.54, 1.807) is 24.3 Å². The van der Waals surface area contributed by atoms with Crippen molar-refractivity contribution in [2.75, 3.05) is 0 Å². The molecule has 0 aliphatic rings. The summed E-state index contributed by atoms with van der Waals surface area (Å²) in [5.41, 5.74) is 1.56. The summed E-state index contributed by atoms with van der Waals surface area (Å²) in [6.45, 7) is 0.207. The molecule has 1 amide bonds. The highest BCUT2D eigenvalue weighted by Gasteiger charge is 2.19. The third-order valence-corrected chi connectivity index (χ3v) is 3.71. The van der Waals surface area contributed by atoms with Crippen LogP contribution >= 0.6 is 11.6 Å². The highest BCUT2D eigenvalue weighted by molar-refractivity contribution is 6.44. The van der Waals surface area contributed by atoms with Gasteiger partial charge in [0, 0.05) is 28.7 Å². The highest BCUT2D eigenvalue weighted by Crippen LogP contribution is 2.20. The van der Waals surface area contributed by atoms with E-state index in [4.69, 9.17) is 11.6 Å². The number of hydrogen-bond acceptors (Lipinski definition) is 2. The van der Waals surface area contributed by atoms with Crippen LogP contribution in [0.2, 0.25) is 5.02 Å². The first-order chi connectivity index (χ1) is 11.0. The number of amides is 1. The molecule has 0 unspecified atom stereocenters. The number of carbonyl (C=O) groups excluding carboxylic acids is 2. The Hall–Kier alpha value is -2.66. The fraction of sp³-hybridized carbons (Fsp3) is 0.0588. The second-order valence-electron chi connectivity index (χ2n) is 5.03. The van der Waals surface area contributed by atoms with Crippen molar-refractivity contribution in [2.24, 2.45) is 0 Å². The smallest absolute Gasteiger partial charge is 0.292 e. The molecule has 6 heteroatoms. The van der Waals surface area contributed by atoms with Gasteiger partial charge < -0.3 is 10.3 Å². The van der Waals surface area contributed by atoms with E-state index in [1.807, 2.05) is 0 Å². The second-order valence-corrected chi connectivity index (χ2v) is 5.47. The predicted octanol–water partition coefficient (Wildman–Crippen LogP) is 3.46. The van der Waals surface area contributed by atoms with Crippen molar-refractivity contribution in [1.29, 1.82) is 0 Å². The second kappa shape index (κ2) is 6.22. The topological polar surface area (TPSA) is 62.0 Å². The summed E-state index contributed by atoms with van der Waals surface area (Å²) in [4.78, 5) is 27.1. The van der Waals surface area contributed by atoms with Crippen LogP contribution in [0.4, 0.5) is 4.39 Å². The number of nitrogens with one attached hydrogen (secondary N) is 2. The van der Waals surface area contributed by atoms with E-state index < -0.39 is 17.5 Å². The molecular formula is C17H12ClFN2O2. The number of carbonyl (C=O) groups is 2.